The summed E-state index contributed by atoms with van der Waals surface area (Å²) in [5.41, 5.74) is 3.39. The minimum atomic E-state index is -0.140. The highest BCUT2D eigenvalue weighted by molar-refractivity contribution is 7.98. The predicted octanol–water partition coefficient (Wildman–Crippen LogP) is 3.53. The van der Waals surface area contributed by atoms with Gasteiger partial charge in [-0.25, -0.2) is 9.97 Å². The van der Waals surface area contributed by atoms with E-state index in [1.165, 1.54) is 17.4 Å². The summed E-state index contributed by atoms with van der Waals surface area (Å²) >= 11 is 1.44. The van der Waals surface area contributed by atoms with E-state index in [9.17, 15) is 4.79 Å². The van der Waals surface area contributed by atoms with Crippen molar-refractivity contribution in [2.24, 2.45) is 0 Å². The highest BCUT2D eigenvalue weighted by Crippen LogP contribution is 2.26. The fourth-order valence-corrected chi connectivity index (χ4v) is 4.31. The fraction of sp³-hybridized carbons (Fsp3) is 0.227. The first kappa shape index (κ1) is 18.7. The summed E-state index contributed by atoms with van der Waals surface area (Å²) in [7, 11) is 0. The lowest BCUT2D eigenvalue weighted by Crippen LogP contribution is -2.47. The van der Waals surface area contributed by atoms with Gasteiger partial charge in [-0.15, -0.1) is 0 Å². The average molecular weight is 420 g/mol. The van der Waals surface area contributed by atoms with Gasteiger partial charge < -0.3 is 14.2 Å². The van der Waals surface area contributed by atoms with Gasteiger partial charge in [0, 0.05) is 43.7 Å². The van der Waals surface area contributed by atoms with E-state index in [2.05, 4.69) is 49.0 Å². The largest absolute Gasteiger partial charge is 0.431 e. The summed E-state index contributed by atoms with van der Waals surface area (Å²) in [6, 6.07) is 19.6. The molecule has 0 radical (unpaired) electrons. The first-order chi connectivity index (χ1) is 14.7. The molecule has 1 fully saturated rings. The van der Waals surface area contributed by atoms with E-state index in [1.54, 1.807) is 6.07 Å². The first-order valence-electron chi connectivity index (χ1n) is 9.88. The highest BCUT2D eigenvalue weighted by Gasteiger charge is 2.19. The molecule has 8 heteroatoms. The van der Waals surface area contributed by atoms with Crippen molar-refractivity contribution < 1.29 is 4.42 Å². The fourth-order valence-electron chi connectivity index (χ4n) is 3.58. The van der Waals surface area contributed by atoms with Crippen molar-refractivity contribution in [2.45, 2.75) is 11.0 Å². The molecule has 2 aromatic heterocycles. The second-order valence-corrected chi connectivity index (χ2v) is 8.03. The van der Waals surface area contributed by atoms with Gasteiger partial charge in [-0.05, 0) is 24.3 Å². The normalized spacial score (nSPS) is 14.4. The van der Waals surface area contributed by atoms with Crippen LogP contribution in [0.2, 0.25) is 0 Å². The van der Waals surface area contributed by atoms with Crippen LogP contribution >= 0.6 is 11.8 Å². The second-order valence-electron chi connectivity index (χ2n) is 7.11. The van der Waals surface area contributed by atoms with Crippen molar-refractivity contribution in [1.29, 1.82) is 0 Å². The number of oxazole rings is 1. The lowest BCUT2D eigenvalue weighted by Gasteiger charge is -2.36. The molecule has 0 amide bonds. The third-order valence-corrected chi connectivity index (χ3v) is 5.96. The molecule has 0 bridgehead atoms. The number of nitrogens with zero attached hydrogens (tertiary/aromatic N) is 4. The third-order valence-electron chi connectivity index (χ3n) is 5.10. The summed E-state index contributed by atoms with van der Waals surface area (Å²) < 4.78 is 5.74. The second kappa shape index (κ2) is 8.23. The molecule has 4 aromatic rings. The third kappa shape index (κ3) is 4.04. The number of aromatic amines is 1. The molecule has 152 valence electrons. The molecule has 1 saturated heterocycles. The molecule has 0 aliphatic carbocycles. The number of aromatic nitrogens is 3. The number of hydrogen-bond donors (Lipinski definition) is 1. The number of H-pyrrole nitrogens is 1. The Bertz CT molecular complexity index is 1170. The van der Waals surface area contributed by atoms with E-state index in [1.807, 2.05) is 30.3 Å². The van der Waals surface area contributed by atoms with Gasteiger partial charge in [0.25, 0.3) is 10.8 Å². The van der Waals surface area contributed by atoms with Gasteiger partial charge in [0.15, 0.2) is 5.58 Å². The first-order valence-corrected chi connectivity index (χ1v) is 10.9. The maximum Gasteiger partial charge on any atom is 0.257 e. The zero-order chi connectivity index (χ0) is 20.3. The number of hydrogen-bond acceptors (Lipinski definition) is 7. The number of thioether (sulfide) groups is 1. The van der Waals surface area contributed by atoms with Crippen LogP contribution in [-0.2, 0) is 5.75 Å². The van der Waals surface area contributed by atoms with Crippen LogP contribution in [0.3, 0.4) is 0 Å². The Morgan fingerprint density at radius 2 is 1.67 bits per heavy atom. The molecule has 3 heterocycles. The summed E-state index contributed by atoms with van der Waals surface area (Å²) in [6.45, 7) is 3.38. The van der Waals surface area contributed by atoms with Gasteiger partial charge in [0.05, 0.1) is 5.69 Å². The molecular weight excluding hydrogens is 398 g/mol. The standard InChI is InChI=1S/C22H21N5O2S/c28-20-14-16(15-30-22-24-18-8-4-5-9-19(18)29-22)23-21(25-20)27-12-10-26(11-13-27)17-6-2-1-3-7-17/h1-9,14H,10-13,15H2,(H,23,25,28). The number of rotatable bonds is 5. The van der Waals surface area contributed by atoms with Crippen molar-refractivity contribution in [3.63, 3.8) is 0 Å². The van der Waals surface area contributed by atoms with Gasteiger partial charge in [-0.1, -0.05) is 42.1 Å². The lowest BCUT2D eigenvalue weighted by molar-refractivity contribution is 0.489. The SMILES string of the molecule is O=c1cc(CSc2nc3ccccc3o2)nc(N2CCN(c3ccccc3)CC2)[nH]1. The van der Waals surface area contributed by atoms with E-state index < -0.39 is 0 Å². The Morgan fingerprint density at radius 3 is 2.47 bits per heavy atom. The molecule has 30 heavy (non-hydrogen) atoms. The van der Waals surface area contributed by atoms with Crippen LogP contribution in [-0.4, -0.2) is 41.1 Å². The Hall–Kier alpha value is -3.26. The van der Waals surface area contributed by atoms with Crippen LogP contribution in [0, 0.1) is 0 Å². The number of benzene rings is 2. The van der Waals surface area contributed by atoms with Crippen molar-refractivity contribution in [3.8, 4) is 0 Å². The minimum absolute atomic E-state index is 0.140. The Kier molecular flexibility index (Phi) is 5.15. The zero-order valence-electron chi connectivity index (χ0n) is 16.3. The van der Waals surface area contributed by atoms with Gasteiger partial charge in [-0.2, -0.15) is 0 Å². The monoisotopic (exact) mass is 419 g/mol. The van der Waals surface area contributed by atoms with Crippen molar-refractivity contribution in [2.75, 3.05) is 36.0 Å². The van der Waals surface area contributed by atoms with Crippen LogP contribution in [0.15, 0.2) is 75.1 Å². The Balaban J connectivity index is 1.26. The average Bonchev–Trinajstić information content (AvgIpc) is 3.21. The van der Waals surface area contributed by atoms with E-state index in [-0.39, 0.29) is 5.56 Å². The van der Waals surface area contributed by atoms with Crippen molar-refractivity contribution in [1.82, 2.24) is 15.0 Å². The summed E-state index contributed by atoms with van der Waals surface area (Å²) in [6.07, 6.45) is 0. The molecule has 1 aliphatic rings. The molecule has 0 spiro atoms. The molecule has 1 aliphatic heterocycles. The number of nitrogens with one attached hydrogen (secondary N) is 1. The van der Waals surface area contributed by atoms with E-state index >= 15 is 0 Å². The molecular formula is C22H21N5O2S. The number of fused-ring (bicyclic) bond motifs is 1. The highest BCUT2D eigenvalue weighted by atomic mass is 32.2. The molecule has 0 atom stereocenters. The smallest absolute Gasteiger partial charge is 0.257 e. The molecule has 0 unspecified atom stereocenters. The van der Waals surface area contributed by atoms with Crippen molar-refractivity contribution >= 4 is 34.5 Å². The summed E-state index contributed by atoms with van der Waals surface area (Å²) in [5, 5.41) is 0.580. The van der Waals surface area contributed by atoms with Gasteiger partial charge in [0.1, 0.15) is 5.52 Å². The zero-order valence-corrected chi connectivity index (χ0v) is 17.1. The maximum atomic E-state index is 12.2. The van der Waals surface area contributed by atoms with Crippen LogP contribution in [0.5, 0.6) is 0 Å². The Morgan fingerprint density at radius 1 is 0.933 bits per heavy atom. The minimum Gasteiger partial charge on any atom is -0.431 e. The summed E-state index contributed by atoms with van der Waals surface area (Å²) in [4.78, 5) is 28.7. The Labute approximate surface area is 177 Å². The van der Waals surface area contributed by atoms with Crippen molar-refractivity contribution in [3.05, 3.63) is 76.7 Å². The van der Waals surface area contributed by atoms with E-state index in [0.717, 1.165) is 37.3 Å². The molecule has 2 aromatic carbocycles. The van der Waals surface area contributed by atoms with Crippen LogP contribution < -0.4 is 15.4 Å². The van der Waals surface area contributed by atoms with Crippen LogP contribution in [0.25, 0.3) is 11.1 Å². The maximum absolute atomic E-state index is 12.2. The quantitative estimate of drug-likeness (QED) is 0.496. The molecule has 5 rings (SSSR count). The number of piperazine rings is 1. The predicted molar refractivity (Wildman–Crippen MR) is 119 cm³/mol. The molecule has 7 nitrogen and oxygen atoms in total. The van der Waals surface area contributed by atoms with Gasteiger partial charge in [0.2, 0.25) is 5.95 Å². The van der Waals surface area contributed by atoms with Gasteiger partial charge in [-0.3, -0.25) is 9.78 Å². The molecule has 1 N–H and O–H groups in total. The van der Waals surface area contributed by atoms with Gasteiger partial charge >= 0.3 is 0 Å². The molecule has 0 saturated carbocycles. The number of para-hydroxylation sites is 3. The number of anilines is 2. The van der Waals surface area contributed by atoms with E-state index in [4.69, 9.17) is 4.42 Å². The summed E-state index contributed by atoms with van der Waals surface area (Å²) in [5.74, 6) is 1.15. The lowest BCUT2D eigenvalue weighted by atomic mass is 10.2. The van der Waals surface area contributed by atoms with Crippen LogP contribution in [0.1, 0.15) is 5.69 Å². The van der Waals surface area contributed by atoms with E-state index in [0.29, 0.717) is 22.6 Å². The van der Waals surface area contributed by atoms with Crippen LogP contribution in [0.4, 0.5) is 11.6 Å². The topological polar surface area (TPSA) is 78.3 Å².